The first-order chi connectivity index (χ1) is 12.8. The zero-order valence-electron chi connectivity index (χ0n) is 14.3. The van der Waals surface area contributed by atoms with E-state index in [2.05, 4.69) is 9.88 Å². The third-order valence-electron chi connectivity index (χ3n) is 4.49. The summed E-state index contributed by atoms with van der Waals surface area (Å²) in [5, 5.41) is 10.7. The number of furan rings is 1. The molecule has 1 aromatic carbocycles. The Morgan fingerprint density at radius 2 is 1.89 bits per heavy atom. The maximum absolute atomic E-state index is 9.83. The molecule has 0 aliphatic carbocycles. The molecule has 0 spiro atoms. The predicted octanol–water partition coefficient (Wildman–Crippen LogP) is 3.40. The van der Waals surface area contributed by atoms with Crippen LogP contribution in [0.3, 0.4) is 0 Å². The van der Waals surface area contributed by atoms with Crippen LogP contribution in [0.25, 0.3) is 33.6 Å². The van der Waals surface area contributed by atoms with Crippen LogP contribution in [0.15, 0.2) is 47.0 Å². The molecule has 1 N–H and O–H groups in total. The summed E-state index contributed by atoms with van der Waals surface area (Å²) in [6, 6.07) is 10.7. The Labute approximate surface area is 161 Å². The quantitative estimate of drug-likeness (QED) is 0.567. The molecule has 1 aliphatic heterocycles. The van der Waals surface area contributed by atoms with Crippen LogP contribution < -0.4 is 4.90 Å². The Balaban J connectivity index is 0.00000180. The highest BCUT2D eigenvalue weighted by Crippen LogP contribution is 2.34. The number of phenols is 1. The van der Waals surface area contributed by atoms with Crippen molar-refractivity contribution in [1.29, 1.82) is 0 Å². The monoisotopic (exact) mass is 384 g/mol. The van der Waals surface area contributed by atoms with Gasteiger partial charge in [-0.05, 0) is 24.3 Å². The maximum atomic E-state index is 9.83. The number of benzene rings is 1. The fourth-order valence-corrected chi connectivity index (χ4v) is 3.23. The highest BCUT2D eigenvalue weighted by atomic mass is 35.5. The lowest BCUT2D eigenvalue weighted by Crippen LogP contribution is -2.37. The lowest BCUT2D eigenvalue weighted by atomic mass is 10.2. The summed E-state index contributed by atoms with van der Waals surface area (Å²) < 4.78 is 11.4. The van der Waals surface area contributed by atoms with Crippen LogP contribution in [0.4, 0.5) is 5.82 Å². The minimum absolute atomic E-state index is 0. The number of nitrogens with zero attached hydrogens (tertiary/aromatic N) is 4. The smallest absolute Gasteiger partial charge is 0.229 e. The molecule has 1 aliphatic rings. The number of aromatic nitrogens is 3. The Kier molecular flexibility index (Phi) is 4.55. The van der Waals surface area contributed by atoms with Gasteiger partial charge in [-0.2, -0.15) is 0 Å². The van der Waals surface area contributed by atoms with Crippen molar-refractivity contribution in [1.82, 2.24) is 15.0 Å². The van der Waals surface area contributed by atoms with Crippen molar-refractivity contribution >= 4 is 40.4 Å². The van der Waals surface area contributed by atoms with Crippen molar-refractivity contribution in [2.24, 2.45) is 0 Å². The van der Waals surface area contributed by atoms with E-state index in [9.17, 15) is 5.11 Å². The molecule has 138 valence electrons. The molecule has 4 aromatic rings. The van der Waals surface area contributed by atoms with Crippen molar-refractivity contribution in [3.8, 4) is 17.1 Å². The summed E-state index contributed by atoms with van der Waals surface area (Å²) in [5.41, 5.74) is 2.64. The van der Waals surface area contributed by atoms with Crippen LogP contribution in [0.5, 0.6) is 5.75 Å². The number of pyridine rings is 1. The van der Waals surface area contributed by atoms with Crippen LogP contribution in [-0.4, -0.2) is 46.4 Å². The molecule has 0 atom stereocenters. The summed E-state index contributed by atoms with van der Waals surface area (Å²) in [5.74, 6) is 1.45. The first kappa shape index (κ1) is 17.5. The zero-order chi connectivity index (χ0) is 17.5. The van der Waals surface area contributed by atoms with Gasteiger partial charge in [-0.15, -0.1) is 12.4 Å². The van der Waals surface area contributed by atoms with E-state index in [1.54, 1.807) is 24.4 Å². The summed E-state index contributed by atoms with van der Waals surface area (Å²) in [4.78, 5) is 15.9. The van der Waals surface area contributed by atoms with Crippen molar-refractivity contribution in [2.45, 2.75) is 0 Å². The average molecular weight is 385 g/mol. The van der Waals surface area contributed by atoms with Gasteiger partial charge >= 0.3 is 0 Å². The second-order valence-electron chi connectivity index (χ2n) is 6.16. The predicted molar refractivity (Wildman–Crippen MR) is 104 cm³/mol. The van der Waals surface area contributed by atoms with Crippen molar-refractivity contribution in [2.75, 3.05) is 31.2 Å². The largest absolute Gasteiger partial charge is 0.508 e. The molecule has 8 heteroatoms. The summed E-state index contributed by atoms with van der Waals surface area (Å²) in [6.45, 7) is 2.75. The number of halogens is 1. The summed E-state index contributed by atoms with van der Waals surface area (Å²) in [7, 11) is 0. The Morgan fingerprint density at radius 3 is 2.70 bits per heavy atom. The SMILES string of the molecule is Cl.Oc1cccc(-c2nc(N3CCOCC3)c3oc4ncccc4c3n2)c1. The molecule has 0 unspecified atom stereocenters. The number of ether oxygens (including phenoxy) is 1. The second kappa shape index (κ2) is 7.02. The average Bonchev–Trinajstić information content (AvgIpc) is 3.06. The molecule has 1 saturated heterocycles. The van der Waals surface area contributed by atoms with Gasteiger partial charge in [0.15, 0.2) is 17.2 Å². The number of phenolic OH excluding ortho intramolecular Hbond substituents is 1. The van der Waals surface area contributed by atoms with E-state index in [0.29, 0.717) is 30.3 Å². The minimum Gasteiger partial charge on any atom is -0.508 e. The molecule has 3 aromatic heterocycles. The third-order valence-corrected chi connectivity index (χ3v) is 4.49. The number of aromatic hydroxyl groups is 1. The lowest BCUT2D eigenvalue weighted by Gasteiger charge is -2.27. The van der Waals surface area contributed by atoms with Gasteiger partial charge in [-0.3, -0.25) is 0 Å². The van der Waals surface area contributed by atoms with E-state index >= 15 is 0 Å². The van der Waals surface area contributed by atoms with Gasteiger partial charge < -0.3 is 19.2 Å². The second-order valence-corrected chi connectivity index (χ2v) is 6.16. The van der Waals surface area contributed by atoms with Gasteiger partial charge in [0.1, 0.15) is 11.3 Å². The Bertz CT molecular complexity index is 1110. The molecule has 7 nitrogen and oxygen atoms in total. The molecular weight excluding hydrogens is 368 g/mol. The van der Waals surface area contributed by atoms with E-state index in [-0.39, 0.29) is 18.2 Å². The van der Waals surface area contributed by atoms with Gasteiger partial charge in [0.2, 0.25) is 5.71 Å². The fourth-order valence-electron chi connectivity index (χ4n) is 3.23. The molecule has 27 heavy (non-hydrogen) atoms. The van der Waals surface area contributed by atoms with Crippen LogP contribution >= 0.6 is 12.4 Å². The number of hydrogen-bond acceptors (Lipinski definition) is 7. The first-order valence-corrected chi connectivity index (χ1v) is 8.47. The molecule has 0 saturated carbocycles. The maximum Gasteiger partial charge on any atom is 0.229 e. The summed E-state index contributed by atoms with van der Waals surface area (Å²) >= 11 is 0. The minimum atomic E-state index is 0. The van der Waals surface area contributed by atoms with Gasteiger partial charge in [0.25, 0.3) is 0 Å². The number of anilines is 1. The standard InChI is InChI=1S/C19H16N4O3.ClH/c24-13-4-1-3-12(11-13)17-21-15-14-5-2-6-20-19(14)26-16(15)18(22-17)23-7-9-25-10-8-23;/h1-6,11,24H,7-10H2;1H. The van der Waals surface area contributed by atoms with Crippen molar-refractivity contribution in [3.05, 3.63) is 42.6 Å². The topological polar surface area (TPSA) is 84.5 Å². The molecule has 1 fully saturated rings. The summed E-state index contributed by atoms with van der Waals surface area (Å²) in [6.07, 6.45) is 1.70. The molecular formula is C19H17ClN4O3. The number of hydrogen-bond donors (Lipinski definition) is 1. The zero-order valence-corrected chi connectivity index (χ0v) is 15.1. The Morgan fingerprint density at radius 1 is 1.04 bits per heavy atom. The highest BCUT2D eigenvalue weighted by molar-refractivity contribution is 6.05. The van der Waals surface area contributed by atoms with Crippen LogP contribution in [-0.2, 0) is 4.74 Å². The molecule has 0 radical (unpaired) electrons. The van der Waals surface area contributed by atoms with E-state index in [1.807, 2.05) is 18.2 Å². The van der Waals surface area contributed by atoms with Gasteiger partial charge in [0.05, 0.1) is 18.6 Å². The van der Waals surface area contributed by atoms with Crippen LogP contribution in [0.1, 0.15) is 0 Å². The number of fused-ring (bicyclic) bond motifs is 3. The Hall–Kier alpha value is -2.90. The molecule has 0 amide bonds. The fraction of sp³-hybridized carbons (Fsp3) is 0.211. The van der Waals surface area contributed by atoms with Gasteiger partial charge in [-0.1, -0.05) is 12.1 Å². The van der Waals surface area contributed by atoms with E-state index in [0.717, 1.165) is 35.4 Å². The number of rotatable bonds is 2. The lowest BCUT2D eigenvalue weighted by molar-refractivity contribution is 0.122. The van der Waals surface area contributed by atoms with Crippen LogP contribution in [0.2, 0.25) is 0 Å². The van der Waals surface area contributed by atoms with E-state index in [4.69, 9.17) is 19.1 Å². The van der Waals surface area contributed by atoms with Gasteiger partial charge in [0, 0.05) is 24.8 Å². The molecule has 4 heterocycles. The third kappa shape index (κ3) is 3.05. The van der Waals surface area contributed by atoms with E-state index < -0.39 is 0 Å². The highest BCUT2D eigenvalue weighted by Gasteiger charge is 2.22. The first-order valence-electron chi connectivity index (χ1n) is 8.47. The molecule has 5 rings (SSSR count). The van der Waals surface area contributed by atoms with Crippen LogP contribution in [0, 0.1) is 0 Å². The van der Waals surface area contributed by atoms with Crippen molar-refractivity contribution < 1.29 is 14.3 Å². The van der Waals surface area contributed by atoms with Crippen molar-refractivity contribution in [3.63, 3.8) is 0 Å². The van der Waals surface area contributed by atoms with Gasteiger partial charge in [-0.25, -0.2) is 15.0 Å². The molecule has 0 bridgehead atoms. The normalized spacial score (nSPS) is 14.4. The number of morpholine rings is 1. The van der Waals surface area contributed by atoms with E-state index in [1.165, 1.54) is 0 Å².